The number of anilines is 1. The first-order chi connectivity index (χ1) is 24.6. The van der Waals surface area contributed by atoms with Gasteiger partial charge in [-0.05, 0) is 146 Å². The van der Waals surface area contributed by atoms with Crippen LogP contribution in [0.15, 0.2) is 47.9 Å². The number of hydrogen-bond acceptors (Lipinski definition) is 6. The third-order valence-corrected chi connectivity index (χ3v) is 17.5. The average molecular weight is 725 g/mol. The van der Waals surface area contributed by atoms with Crippen molar-refractivity contribution in [1.82, 2.24) is 4.98 Å². The van der Waals surface area contributed by atoms with Crippen LogP contribution in [0.25, 0.3) is 5.57 Å². The van der Waals surface area contributed by atoms with E-state index < -0.39 is 0 Å². The van der Waals surface area contributed by atoms with E-state index in [2.05, 4.69) is 83.5 Å². The highest BCUT2D eigenvalue weighted by Crippen LogP contribution is 2.77. The van der Waals surface area contributed by atoms with Gasteiger partial charge in [0.25, 0.3) is 0 Å². The van der Waals surface area contributed by atoms with Crippen molar-refractivity contribution in [3.05, 3.63) is 64.7 Å². The van der Waals surface area contributed by atoms with Crippen molar-refractivity contribution >= 4 is 33.8 Å². The van der Waals surface area contributed by atoms with Crippen LogP contribution in [0.1, 0.15) is 141 Å². The third-order valence-electron chi connectivity index (χ3n) is 16.6. The molecule has 0 bridgehead atoms. The number of hydrogen-bond donors (Lipinski definition) is 0. The smallest absolute Gasteiger partial charge is 0.337 e. The van der Waals surface area contributed by atoms with Crippen molar-refractivity contribution in [2.45, 2.75) is 132 Å². The van der Waals surface area contributed by atoms with Gasteiger partial charge < -0.3 is 9.64 Å². The van der Waals surface area contributed by atoms with Crippen molar-refractivity contribution in [2.75, 3.05) is 18.6 Å². The molecule has 0 spiro atoms. The van der Waals surface area contributed by atoms with E-state index in [0.29, 0.717) is 53.9 Å². The van der Waals surface area contributed by atoms with Crippen LogP contribution in [0.5, 0.6) is 0 Å². The van der Waals surface area contributed by atoms with Crippen LogP contribution in [0.4, 0.5) is 5.13 Å². The maximum absolute atomic E-state index is 13.4. The molecular formula is C46H64N2O3S. The summed E-state index contributed by atoms with van der Waals surface area (Å²) in [5.41, 5.74) is 6.38. The van der Waals surface area contributed by atoms with Crippen LogP contribution in [0.3, 0.4) is 0 Å². The van der Waals surface area contributed by atoms with Gasteiger partial charge in [0.2, 0.25) is 0 Å². The Morgan fingerprint density at radius 1 is 0.942 bits per heavy atom. The predicted octanol–water partition coefficient (Wildman–Crippen LogP) is 11.4. The molecule has 0 amide bonds. The second kappa shape index (κ2) is 13.2. The van der Waals surface area contributed by atoms with Gasteiger partial charge >= 0.3 is 5.97 Å². The summed E-state index contributed by atoms with van der Waals surface area (Å²) in [4.78, 5) is 33.3. The lowest BCUT2D eigenvalue weighted by molar-refractivity contribution is -0.217. The minimum absolute atomic E-state index is 0.0223. The Kier molecular flexibility index (Phi) is 9.57. The Labute approximate surface area is 318 Å². The molecule has 0 aliphatic heterocycles. The van der Waals surface area contributed by atoms with Gasteiger partial charge in [-0.2, -0.15) is 0 Å². The van der Waals surface area contributed by atoms with Crippen molar-refractivity contribution in [2.24, 2.45) is 51.2 Å². The van der Waals surface area contributed by atoms with Crippen molar-refractivity contribution in [3.63, 3.8) is 0 Å². The molecule has 6 heteroatoms. The number of carbonyl (C=O) groups is 2. The number of aromatic nitrogens is 1. The van der Waals surface area contributed by atoms with E-state index >= 15 is 0 Å². The molecule has 3 unspecified atom stereocenters. The lowest BCUT2D eigenvalue weighted by Crippen LogP contribution is -2.68. The van der Waals surface area contributed by atoms with Crippen LogP contribution in [-0.4, -0.2) is 35.9 Å². The van der Waals surface area contributed by atoms with Crippen molar-refractivity contribution < 1.29 is 14.3 Å². The van der Waals surface area contributed by atoms with Gasteiger partial charge in [-0.1, -0.05) is 78.8 Å². The molecule has 5 aliphatic rings. The number of aryl methyl sites for hydroxylation is 1. The normalized spacial score (nSPS) is 37.5. The zero-order chi connectivity index (χ0) is 37.4. The molecule has 1 heterocycles. The topological polar surface area (TPSA) is 59.5 Å². The van der Waals surface area contributed by atoms with E-state index in [1.807, 2.05) is 19.1 Å². The molecule has 52 heavy (non-hydrogen) atoms. The quantitative estimate of drug-likeness (QED) is 0.190. The highest BCUT2D eigenvalue weighted by atomic mass is 32.1. The zero-order valence-electron chi connectivity index (χ0n) is 33.6. The van der Waals surface area contributed by atoms with Gasteiger partial charge in [0.1, 0.15) is 0 Å². The number of carbonyl (C=O) groups excluding carboxylic acids is 2. The van der Waals surface area contributed by atoms with E-state index in [9.17, 15) is 9.59 Å². The summed E-state index contributed by atoms with van der Waals surface area (Å²) in [5, 5.41) is 3.28. The van der Waals surface area contributed by atoms with Crippen LogP contribution < -0.4 is 4.90 Å². The fraction of sp³-hybridized carbons (Fsp3) is 0.674. The molecule has 1 aromatic heterocycles. The number of thiazole rings is 1. The SMILES string of the molecule is C=C(C)[C@@H]1CC[C@]2(N(CC(=O)CC)c3nc(CC)cs3)CC[C@]3(C)[C@H](CCC4[C@@]5(C)CC=C(c6ccc(C(=O)OC)cc6)C(C)(C)C5CC[C@]43C)C12. The van der Waals surface area contributed by atoms with Gasteiger partial charge in [-0.15, -0.1) is 11.3 Å². The zero-order valence-corrected chi connectivity index (χ0v) is 34.4. The number of methoxy groups -OCH3 is 1. The number of ether oxygens (including phenoxy) is 1. The van der Waals surface area contributed by atoms with Crippen molar-refractivity contribution in [1.29, 1.82) is 0 Å². The van der Waals surface area contributed by atoms with Crippen molar-refractivity contribution in [3.8, 4) is 0 Å². The second-order valence-corrected chi connectivity index (χ2v) is 19.7. The largest absolute Gasteiger partial charge is 0.465 e. The summed E-state index contributed by atoms with van der Waals surface area (Å²) in [7, 11) is 1.44. The van der Waals surface area contributed by atoms with Gasteiger partial charge in [0, 0.05) is 17.3 Å². The van der Waals surface area contributed by atoms with Crippen LogP contribution >= 0.6 is 11.3 Å². The summed E-state index contributed by atoms with van der Waals surface area (Å²) < 4.78 is 4.98. The number of benzene rings is 1. The Balaban J connectivity index is 1.25. The monoisotopic (exact) mass is 724 g/mol. The predicted molar refractivity (Wildman–Crippen MR) is 215 cm³/mol. The minimum Gasteiger partial charge on any atom is -0.465 e. The van der Waals surface area contributed by atoms with E-state index in [0.717, 1.165) is 42.9 Å². The molecule has 2 aromatic rings. The summed E-state index contributed by atoms with van der Waals surface area (Å²) in [5.74, 6) is 2.83. The molecule has 5 aliphatic carbocycles. The number of Topliss-reactive ketones (excluding diaryl/α,β-unsaturated/α-hetero) is 1. The number of allylic oxidation sites excluding steroid dienone is 3. The fourth-order valence-corrected chi connectivity index (χ4v) is 14.9. The maximum atomic E-state index is 13.4. The lowest BCUT2D eigenvalue weighted by atomic mass is 9.33. The van der Waals surface area contributed by atoms with Crippen LogP contribution in [0, 0.1) is 51.2 Å². The van der Waals surface area contributed by atoms with Gasteiger partial charge in [-0.25, -0.2) is 9.78 Å². The Hall–Kier alpha value is -2.73. The summed E-state index contributed by atoms with van der Waals surface area (Å²) >= 11 is 1.75. The van der Waals surface area contributed by atoms with Crippen LogP contribution in [-0.2, 0) is 16.0 Å². The van der Waals surface area contributed by atoms with Gasteiger partial charge in [-0.3, -0.25) is 4.79 Å². The molecule has 0 radical (unpaired) electrons. The summed E-state index contributed by atoms with van der Waals surface area (Å²) in [6.45, 7) is 24.7. The third kappa shape index (κ3) is 5.37. The number of fused-ring (bicyclic) bond motifs is 7. The first kappa shape index (κ1) is 37.6. The molecule has 0 saturated heterocycles. The molecule has 9 atom stereocenters. The molecule has 7 rings (SSSR count). The molecular weight excluding hydrogens is 661 g/mol. The van der Waals surface area contributed by atoms with E-state index in [-0.39, 0.29) is 33.2 Å². The second-order valence-electron chi connectivity index (χ2n) is 18.9. The first-order valence-electron chi connectivity index (χ1n) is 20.4. The maximum Gasteiger partial charge on any atom is 0.337 e. The highest BCUT2D eigenvalue weighted by Gasteiger charge is 2.71. The summed E-state index contributed by atoms with van der Waals surface area (Å²) in [6.07, 6.45) is 14.9. The Morgan fingerprint density at radius 3 is 2.31 bits per heavy atom. The number of ketones is 1. The van der Waals surface area contributed by atoms with E-state index in [4.69, 9.17) is 9.72 Å². The first-order valence-corrected chi connectivity index (χ1v) is 21.3. The van der Waals surface area contributed by atoms with E-state index in [1.165, 1.54) is 55.9 Å². The Bertz CT molecular complexity index is 1760. The number of rotatable bonds is 9. The number of nitrogens with zero attached hydrogens (tertiary/aromatic N) is 2. The average Bonchev–Trinajstić information content (AvgIpc) is 3.76. The molecule has 0 N–H and O–H groups in total. The van der Waals surface area contributed by atoms with Crippen LogP contribution in [0.2, 0.25) is 0 Å². The number of esters is 1. The minimum atomic E-state index is -0.283. The van der Waals surface area contributed by atoms with Gasteiger partial charge in [0.05, 0.1) is 24.9 Å². The summed E-state index contributed by atoms with van der Waals surface area (Å²) in [6, 6.07) is 8.10. The molecule has 1 aromatic carbocycles. The molecule has 5 nitrogen and oxygen atoms in total. The van der Waals surface area contributed by atoms with E-state index in [1.54, 1.807) is 11.3 Å². The standard InChI is InChI=1S/C46H64N2O3S/c1-11-32-28-52-41(47-32)48(27-33(49)12-2)46-24-19-34(29(3)4)39(46)36-17-18-38-43(7)22-20-35(30-13-15-31(16-14-30)40(50)51-10)42(5,6)37(43)21-23-45(38,9)44(36,8)25-26-46/h13-16,20,28,34,36-39H,3,11-12,17-19,21-27H2,1-2,4-10H3/t34-,36+,37?,38?,39?,43-,44+,45+,46-/m0/s1. The molecule has 4 saturated carbocycles. The fourth-order valence-electron chi connectivity index (χ4n) is 13.9. The Morgan fingerprint density at radius 2 is 1.67 bits per heavy atom. The lowest BCUT2D eigenvalue weighted by Gasteiger charge is -2.73. The highest BCUT2D eigenvalue weighted by molar-refractivity contribution is 7.13. The molecule has 4 fully saturated rings. The van der Waals surface area contributed by atoms with Gasteiger partial charge in [0.15, 0.2) is 10.9 Å². The molecule has 282 valence electrons.